The van der Waals surface area contributed by atoms with Crippen LogP contribution in [0.15, 0.2) is 24.3 Å². The van der Waals surface area contributed by atoms with Crippen molar-refractivity contribution in [3.05, 3.63) is 29.8 Å². The summed E-state index contributed by atoms with van der Waals surface area (Å²) < 4.78 is 0. The van der Waals surface area contributed by atoms with Gasteiger partial charge in [0.1, 0.15) is 0 Å². The van der Waals surface area contributed by atoms with Crippen molar-refractivity contribution in [2.24, 2.45) is 0 Å². The van der Waals surface area contributed by atoms with Crippen LogP contribution in [0, 0.1) is 0 Å². The van der Waals surface area contributed by atoms with E-state index in [9.17, 15) is 9.90 Å². The molecule has 0 saturated heterocycles. The van der Waals surface area contributed by atoms with E-state index in [2.05, 4.69) is 5.32 Å². The first-order valence-corrected chi connectivity index (χ1v) is 4.95. The van der Waals surface area contributed by atoms with Crippen molar-refractivity contribution in [1.29, 1.82) is 0 Å². The number of hydrogen-bond donors (Lipinski definition) is 3. The molecular weight excluding hydrogens is 192 g/mol. The average molecular weight is 208 g/mol. The zero-order chi connectivity index (χ0) is 11.3. The number of nitrogen functional groups attached to an aromatic ring is 1. The van der Waals surface area contributed by atoms with Crippen LogP contribution in [-0.4, -0.2) is 23.7 Å². The Morgan fingerprint density at radius 2 is 2.07 bits per heavy atom. The van der Waals surface area contributed by atoms with Gasteiger partial charge in [-0.1, -0.05) is 6.92 Å². The van der Waals surface area contributed by atoms with Crippen LogP contribution in [0.5, 0.6) is 0 Å². The van der Waals surface area contributed by atoms with Crippen LogP contribution < -0.4 is 11.1 Å². The quantitative estimate of drug-likeness (QED) is 0.640. The second-order valence-electron chi connectivity index (χ2n) is 3.39. The summed E-state index contributed by atoms with van der Waals surface area (Å²) in [5.74, 6) is -0.192. The van der Waals surface area contributed by atoms with Gasteiger partial charge >= 0.3 is 0 Å². The first-order chi connectivity index (χ1) is 7.13. The fraction of sp³-hybridized carbons (Fsp3) is 0.364. The van der Waals surface area contributed by atoms with Crippen molar-refractivity contribution in [3.63, 3.8) is 0 Å². The zero-order valence-electron chi connectivity index (χ0n) is 8.73. The van der Waals surface area contributed by atoms with E-state index < -0.39 is 6.10 Å². The standard InChI is InChI=1S/C11H16N2O2/c1-2-10(14)7-13-11(15)8-3-5-9(12)6-4-8/h3-6,10,14H,2,7,12H2,1H3,(H,13,15). The number of anilines is 1. The molecule has 1 aromatic carbocycles. The van der Waals surface area contributed by atoms with E-state index in [1.54, 1.807) is 24.3 Å². The minimum absolute atomic E-state index is 0.192. The van der Waals surface area contributed by atoms with E-state index >= 15 is 0 Å². The van der Waals surface area contributed by atoms with Gasteiger partial charge < -0.3 is 16.2 Å². The third-order valence-electron chi connectivity index (χ3n) is 2.14. The summed E-state index contributed by atoms with van der Waals surface area (Å²) in [5, 5.41) is 11.9. The molecule has 82 valence electrons. The van der Waals surface area contributed by atoms with E-state index in [1.165, 1.54) is 0 Å². The van der Waals surface area contributed by atoms with Gasteiger partial charge in [0.15, 0.2) is 0 Å². The summed E-state index contributed by atoms with van der Waals surface area (Å²) in [5.41, 5.74) is 6.67. The maximum Gasteiger partial charge on any atom is 0.251 e. The molecule has 4 heteroatoms. The molecular formula is C11H16N2O2. The fourth-order valence-corrected chi connectivity index (χ4v) is 1.09. The highest BCUT2D eigenvalue weighted by Crippen LogP contribution is 2.05. The first kappa shape index (κ1) is 11.5. The molecule has 0 fully saturated rings. The number of aliphatic hydroxyl groups excluding tert-OH is 1. The van der Waals surface area contributed by atoms with Gasteiger partial charge in [-0.05, 0) is 30.7 Å². The lowest BCUT2D eigenvalue weighted by molar-refractivity contribution is 0.0914. The maximum absolute atomic E-state index is 11.5. The molecule has 1 unspecified atom stereocenters. The largest absolute Gasteiger partial charge is 0.399 e. The lowest BCUT2D eigenvalue weighted by atomic mass is 10.2. The smallest absolute Gasteiger partial charge is 0.251 e. The molecule has 0 heterocycles. The molecule has 1 aromatic rings. The molecule has 0 aliphatic heterocycles. The molecule has 0 spiro atoms. The molecule has 4 nitrogen and oxygen atoms in total. The molecule has 0 aliphatic rings. The minimum atomic E-state index is -0.484. The fourth-order valence-electron chi connectivity index (χ4n) is 1.09. The van der Waals surface area contributed by atoms with Crippen molar-refractivity contribution >= 4 is 11.6 Å². The summed E-state index contributed by atoms with van der Waals surface area (Å²) in [6.07, 6.45) is 0.143. The van der Waals surface area contributed by atoms with Gasteiger partial charge in [-0.2, -0.15) is 0 Å². The average Bonchev–Trinajstić information content (AvgIpc) is 2.26. The Hall–Kier alpha value is -1.55. The monoisotopic (exact) mass is 208 g/mol. The van der Waals surface area contributed by atoms with Gasteiger partial charge in [-0.3, -0.25) is 4.79 Å². The van der Waals surface area contributed by atoms with Crippen LogP contribution in [0.1, 0.15) is 23.7 Å². The SMILES string of the molecule is CCC(O)CNC(=O)c1ccc(N)cc1. The highest BCUT2D eigenvalue weighted by atomic mass is 16.3. The Labute approximate surface area is 89.1 Å². The van der Waals surface area contributed by atoms with Gasteiger partial charge in [-0.25, -0.2) is 0 Å². The zero-order valence-corrected chi connectivity index (χ0v) is 8.73. The minimum Gasteiger partial charge on any atom is -0.399 e. The van der Waals surface area contributed by atoms with Gasteiger partial charge in [0, 0.05) is 17.8 Å². The second kappa shape index (κ2) is 5.36. The van der Waals surface area contributed by atoms with Gasteiger partial charge in [0.2, 0.25) is 0 Å². The van der Waals surface area contributed by atoms with Crippen molar-refractivity contribution in [2.45, 2.75) is 19.4 Å². The molecule has 1 rings (SSSR count). The molecule has 0 aliphatic carbocycles. The van der Waals surface area contributed by atoms with E-state index in [-0.39, 0.29) is 12.5 Å². The summed E-state index contributed by atoms with van der Waals surface area (Å²) >= 11 is 0. The van der Waals surface area contributed by atoms with Crippen LogP contribution in [0.25, 0.3) is 0 Å². The number of aliphatic hydroxyl groups is 1. The lowest BCUT2D eigenvalue weighted by Gasteiger charge is -2.09. The molecule has 0 bridgehead atoms. The van der Waals surface area contributed by atoms with E-state index in [0.717, 1.165) is 0 Å². The van der Waals surface area contributed by atoms with Crippen molar-refractivity contribution in [1.82, 2.24) is 5.32 Å². The van der Waals surface area contributed by atoms with Crippen LogP contribution in [0.3, 0.4) is 0 Å². The number of nitrogens with one attached hydrogen (secondary N) is 1. The first-order valence-electron chi connectivity index (χ1n) is 4.95. The molecule has 0 saturated carbocycles. The number of rotatable bonds is 4. The summed E-state index contributed by atoms with van der Waals surface area (Å²) in [7, 11) is 0. The predicted molar refractivity (Wildman–Crippen MR) is 59.5 cm³/mol. The number of amides is 1. The van der Waals surface area contributed by atoms with Crippen LogP contribution in [0.2, 0.25) is 0 Å². The lowest BCUT2D eigenvalue weighted by Crippen LogP contribution is -2.31. The van der Waals surface area contributed by atoms with Crippen molar-refractivity contribution in [2.75, 3.05) is 12.3 Å². The van der Waals surface area contributed by atoms with Crippen LogP contribution in [0.4, 0.5) is 5.69 Å². The summed E-state index contributed by atoms with van der Waals surface area (Å²) in [4.78, 5) is 11.5. The number of benzene rings is 1. The number of hydrogen-bond acceptors (Lipinski definition) is 3. The van der Waals surface area contributed by atoms with E-state index in [4.69, 9.17) is 5.73 Å². The summed E-state index contributed by atoms with van der Waals surface area (Å²) in [6.45, 7) is 2.14. The highest BCUT2D eigenvalue weighted by molar-refractivity contribution is 5.94. The summed E-state index contributed by atoms with van der Waals surface area (Å²) in [6, 6.07) is 6.66. The molecule has 4 N–H and O–H groups in total. The normalized spacial score (nSPS) is 12.1. The van der Waals surface area contributed by atoms with Crippen molar-refractivity contribution in [3.8, 4) is 0 Å². The predicted octanol–water partition coefficient (Wildman–Crippen LogP) is 0.770. The number of nitrogens with two attached hydrogens (primary N) is 1. The Balaban J connectivity index is 2.50. The third kappa shape index (κ3) is 3.59. The Morgan fingerprint density at radius 3 is 2.60 bits per heavy atom. The molecule has 0 aromatic heterocycles. The Bertz CT molecular complexity index is 322. The van der Waals surface area contributed by atoms with E-state index in [1.807, 2.05) is 6.92 Å². The number of carbonyl (C=O) groups is 1. The van der Waals surface area contributed by atoms with Gasteiger partial charge in [0.25, 0.3) is 5.91 Å². The van der Waals surface area contributed by atoms with Crippen molar-refractivity contribution < 1.29 is 9.90 Å². The van der Waals surface area contributed by atoms with Gasteiger partial charge in [-0.15, -0.1) is 0 Å². The molecule has 15 heavy (non-hydrogen) atoms. The molecule has 1 amide bonds. The van der Waals surface area contributed by atoms with E-state index in [0.29, 0.717) is 17.7 Å². The molecule has 0 radical (unpaired) electrons. The van der Waals surface area contributed by atoms with Crippen LogP contribution >= 0.6 is 0 Å². The van der Waals surface area contributed by atoms with Crippen LogP contribution in [-0.2, 0) is 0 Å². The maximum atomic E-state index is 11.5. The van der Waals surface area contributed by atoms with Gasteiger partial charge in [0.05, 0.1) is 6.10 Å². The Morgan fingerprint density at radius 1 is 1.47 bits per heavy atom. The highest BCUT2D eigenvalue weighted by Gasteiger charge is 2.06. The third-order valence-corrected chi connectivity index (χ3v) is 2.14. The molecule has 1 atom stereocenters. The number of carbonyl (C=O) groups excluding carboxylic acids is 1. The topological polar surface area (TPSA) is 75.3 Å². The Kier molecular flexibility index (Phi) is 4.12. The second-order valence-corrected chi connectivity index (χ2v) is 3.39.